The van der Waals surface area contributed by atoms with Crippen molar-refractivity contribution >= 4 is 17.5 Å². The van der Waals surface area contributed by atoms with E-state index in [9.17, 15) is 9.59 Å². The summed E-state index contributed by atoms with van der Waals surface area (Å²) in [5, 5.41) is 8.51. The van der Waals surface area contributed by atoms with Gasteiger partial charge in [0.2, 0.25) is 5.91 Å². The van der Waals surface area contributed by atoms with E-state index < -0.39 is 0 Å². The molecule has 0 spiro atoms. The van der Waals surface area contributed by atoms with Crippen LogP contribution in [-0.4, -0.2) is 32.0 Å². The summed E-state index contributed by atoms with van der Waals surface area (Å²) >= 11 is 0. The van der Waals surface area contributed by atoms with Gasteiger partial charge in [0.15, 0.2) is 0 Å². The molecule has 5 nitrogen and oxygen atoms in total. The summed E-state index contributed by atoms with van der Waals surface area (Å²) in [7, 11) is 1.59. The van der Waals surface area contributed by atoms with Gasteiger partial charge in [-0.25, -0.2) is 0 Å². The Hall–Kier alpha value is -1.88. The van der Waals surface area contributed by atoms with Crippen molar-refractivity contribution in [3.8, 4) is 0 Å². The van der Waals surface area contributed by atoms with E-state index in [1.807, 2.05) is 0 Å². The third-order valence-corrected chi connectivity index (χ3v) is 3.40. The quantitative estimate of drug-likeness (QED) is 0.582. The predicted octanol–water partition coefficient (Wildman–Crippen LogP) is 2.54. The van der Waals surface area contributed by atoms with Crippen LogP contribution < -0.4 is 16.0 Å². The smallest absolute Gasteiger partial charge is 0.251 e. The van der Waals surface area contributed by atoms with Crippen molar-refractivity contribution in [3.05, 3.63) is 29.8 Å². The Labute approximate surface area is 132 Å². The number of carbonyl (C=O) groups is 2. The van der Waals surface area contributed by atoms with Crippen molar-refractivity contribution in [2.45, 2.75) is 39.0 Å². The molecular weight excluding hydrogens is 278 g/mol. The van der Waals surface area contributed by atoms with Crippen molar-refractivity contribution < 1.29 is 9.59 Å². The van der Waals surface area contributed by atoms with E-state index in [2.05, 4.69) is 22.9 Å². The molecule has 0 unspecified atom stereocenters. The second-order valence-electron chi connectivity index (χ2n) is 5.30. The number of anilines is 1. The number of hydrogen-bond donors (Lipinski definition) is 3. The van der Waals surface area contributed by atoms with Gasteiger partial charge in [-0.05, 0) is 37.2 Å². The highest BCUT2D eigenvalue weighted by molar-refractivity contribution is 5.96. The van der Waals surface area contributed by atoms with Crippen LogP contribution in [0.2, 0.25) is 0 Å². The zero-order valence-corrected chi connectivity index (χ0v) is 13.6. The van der Waals surface area contributed by atoms with Gasteiger partial charge in [-0.1, -0.05) is 32.6 Å². The minimum atomic E-state index is -0.136. The lowest BCUT2D eigenvalue weighted by molar-refractivity contribution is -0.115. The van der Waals surface area contributed by atoms with Crippen molar-refractivity contribution in [1.29, 1.82) is 0 Å². The van der Waals surface area contributed by atoms with Crippen LogP contribution in [0.5, 0.6) is 0 Å². The minimum absolute atomic E-state index is 0.0683. The Kier molecular flexibility index (Phi) is 8.91. The van der Waals surface area contributed by atoms with Gasteiger partial charge in [0, 0.05) is 18.3 Å². The molecule has 0 aliphatic carbocycles. The zero-order valence-electron chi connectivity index (χ0n) is 13.6. The Morgan fingerprint density at radius 1 is 1.00 bits per heavy atom. The average Bonchev–Trinajstić information content (AvgIpc) is 2.54. The van der Waals surface area contributed by atoms with E-state index in [1.165, 1.54) is 25.7 Å². The van der Waals surface area contributed by atoms with Gasteiger partial charge >= 0.3 is 0 Å². The predicted molar refractivity (Wildman–Crippen MR) is 90.1 cm³/mol. The molecule has 5 heteroatoms. The Bertz CT molecular complexity index is 457. The van der Waals surface area contributed by atoms with E-state index in [4.69, 9.17) is 0 Å². The van der Waals surface area contributed by atoms with Gasteiger partial charge in [0.1, 0.15) is 0 Å². The minimum Gasteiger partial charge on any atom is -0.355 e. The molecule has 2 amide bonds. The molecule has 0 aromatic heterocycles. The standard InChI is InChI=1S/C17H27N3O2/c1-3-4-5-6-7-12-19-13-16(21)20-15-10-8-14(9-11-15)17(22)18-2/h8-11,19H,3-7,12-13H2,1-2H3,(H,18,22)(H,20,21). The van der Waals surface area contributed by atoms with Crippen LogP contribution in [0.4, 0.5) is 5.69 Å². The number of rotatable bonds is 10. The lowest BCUT2D eigenvalue weighted by Gasteiger charge is -2.07. The zero-order chi connectivity index (χ0) is 16.2. The van der Waals surface area contributed by atoms with Crippen LogP contribution >= 0.6 is 0 Å². The second kappa shape index (κ2) is 10.8. The molecule has 0 atom stereocenters. The van der Waals surface area contributed by atoms with E-state index >= 15 is 0 Å². The maximum absolute atomic E-state index is 11.8. The molecule has 0 bridgehead atoms. The third kappa shape index (κ3) is 7.22. The molecule has 0 saturated heterocycles. The number of unbranched alkanes of at least 4 members (excludes halogenated alkanes) is 4. The Morgan fingerprint density at radius 3 is 2.32 bits per heavy atom. The first-order valence-electron chi connectivity index (χ1n) is 8.00. The summed E-state index contributed by atoms with van der Waals surface area (Å²) in [5.41, 5.74) is 1.27. The summed E-state index contributed by atoms with van der Waals surface area (Å²) in [4.78, 5) is 23.2. The van der Waals surface area contributed by atoms with Crippen LogP contribution in [-0.2, 0) is 4.79 Å². The topological polar surface area (TPSA) is 70.2 Å². The lowest BCUT2D eigenvalue weighted by atomic mass is 10.1. The molecule has 1 aromatic carbocycles. The number of amides is 2. The summed E-state index contributed by atoms with van der Waals surface area (Å²) < 4.78 is 0. The maximum atomic E-state index is 11.8. The van der Waals surface area contributed by atoms with Crippen LogP contribution in [0.3, 0.4) is 0 Å². The molecule has 0 fully saturated rings. The fourth-order valence-electron chi connectivity index (χ4n) is 2.11. The van der Waals surface area contributed by atoms with Gasteiger partial charge in [-0.3, -0.25) is 9.59 Å². The van der Waals surface area contributed by atoms with E-state index in [0.29, 0.717) is 17.8 Å². The molecule has 1 rings (SSSR count). The summed E-state index contributed by atoms with van der Waals surface area (Å²) in [5.74, 6) is -0.205. The van der Waals surface area contributed by atoms with E-state index in [-0.39, 0.29) is 11.8 Å². The van der Waals surface area contributed by atoms with Crippen molar-refractivity contribution in [1.82, 2.24) is 10.6 Å². The maximum Gasteiger partial charge on any atom is 0.251 e. The average molecular weight is 305 g/mol. The highest BCUT2D eigenvalue weighted by Gasteiger charge is 2.04. The summed E-state index contributed by atoms with van der Waals surface area (Å²) in [6, 6.07) is 6.84. The normalized spacial score (nSPS) is 10.3. The largest absolute Gasteiger partial charge is 0.355 e. The highest BCUT2D eigenvalue weighted by Crippen LogP contribution is 2.09. The van der Waals surface area contributed by atoms with Gasteiger partial charge in [0.25, 0.3) is 5.91 Å². The second-order valence-corrected chi connectivity index (χ2v) is 5.30. The molecule has 1 aromatic rings. The lowest BCUT2D eigenvalue weighted by Crippen LogP contribution is -2.28. The van der Waals surface area contributed by atoms with Crippen molar-refractivity contribution in [2.75, 3.05) is 25.5 Å². The molecule has 0 radical (unpaired) electrons. The van der Waals surface area contributed by atoms with E-state index in [0.717, 1.165) is 13.0 Å². The molecule has 0 heterocycles. The number of nitrogens with one attached hydrogen (secondary N) is 3. The SMILES string of the molecule is CCCCCCCNCC(=O)Nc1ccc(C(=O)NC)cc1. The van der Waals surface area contributed by atoms with E-state index in [1.54, 1.807) is 31.3 Å². The molecule has 0 aliphatic heterocycles. The fraction of sp³-hybridized carbons (Fsp3) is 0.529. The molecule has 3 N–H and O–H groups in total. The third-order valence-electron chi connectivity index (χ3n) is 3.40. The van der Waals surface area contributed by atoms with Crippen LogP contribution in [0.1, 0.15) is 49.4 Å². The summed E-state index contributed by atoms with van der Waals surface area (Å²) in [6.45, 7) is 3.38. The number of carbonyl (C=O) groups excluding carboxylic acids is 2. The fourth-order valence-corrected chi connectivity index (χ4v) is 2.11. The van der Waals surface area contributed by atoms with Crippen LogP contribution in [0, 0.1) is 0 Å². The molecule has 122 valence electrons. The highest BCUT2D eigenvalue weighted by atomic mass is 16.2. The summed E-state index contributed by atoms with van der Waals surface area (Å²) in [6.07, 6.45) is 6.11. The first-order valence-corrected chi connectivity index (χ1v) is 8.00. The molecule has 0 aliphatic rings. The molecular formula is C17H27N3O2. The Balaban J connectivity index is 2.20. The van der Waals surface area contributed by atoms with Crippen LogP contribution in [0.25, 0.3) is 0 Å². The molecule has 22 heavy (non-hydrogen) atoms. The van der Waals surface area contributed by atoms with Gasteiger partial charge < -0.3 is 16.0 Å². The monoisotopic (exact) mass is 305 g/mol. The Morgan fingerprint density at radius 2 is 1.68 bits per heavy atom. The van der Waals surface area contributed by atoms with Gasteiger partial charge in [-0.15, -0.1) is 0 Å². The van der Waals surface area contributed by atoms with Crippen molar-refractivity contribution in [3.63, 3.8) is 0 Å². The first-order chi connectivity index (χ1) is 10.7. The number of benzene rings is 1. The van der Waals surface area contributed by atoms with Gasteiger partial charge in [0.05, 0.1) is 6.54 Å². The van der Waals surface area contributed by atoms with Gasteiger partial charge in [-0.2, -0.15) is 0 Å². The first kappa shape index (κ1) is 18.2. The number of hydrogen-bond acceptors (Lipinski definition) is 3. The van der Waals surface area contributed by atoms with Crippen molar-refractivity contribution in [2.24, 2.45) is 0 Å². The molecule has 0 saturated carbocycles. The van der Waals surface area contributed by atoms with Crippen LogP contribution in [0.15, 0.2) is 24.3 Å².